The Morgan fingerprint density at radius 1 is 0.789 bits per heavy atom. The maximum Gasteiger partial charge on any atom is 0.255 e. The summed E-state index contributed by atoms with van der Waals surface area (Å²) in [5.41, 5.74) is 4.34. The van der Waals surface area contributed by atoms with E-state index in [0.29, 0.717) is 30.2 Å². The Labute approximate surface area is 226 Å². The number of hydrogen-bond donors (Lipinski definition) is 3. The summed E-state index contributed by atoms with van der Waals surface area (Å²) in [5, 5.41) is 6.26. The zero-order chi connectivity index (χ0) is 26.7. The van der Waals surface area contributed by atoms with Crippen LogP contribution in [-0.2, 0) is 0 Å². The van der Waals surface area contributed by atoms with E-state index in [0.717, 1.165) is 33.1 Å². The number of hydrogen-bond acceptors (Lipinski definition) is 8. The average molecular weight is 531 g/mol. The summed E-state index contributed by atoms with van der Waals surface area (Å²) in [4.78, 5) is 17.6. The van der Waals surface area contributed by atoms with Crippen LogP contribution in [0.15, 0.2) is 90.1 Å². The number of carbonyl (C=O) groups is 1. The third-order valence-corrected chi connectivity index (χ3v) is 6.56. The van der Waals surface area contributed by atoms with Gasteiger partial charge in [0.05, 0.1) is 38.0 Å². The van der Waals surface area contributed by atoms with Crippen LogP contribution in [0.1, 0.15) is 10.4 Å². The number of rotatable bonds is 12. The molecule has 0 aliphatic heterocycles. The lowest BCUT2D eigenvalue weighted by molar-refractivity contribution is 0.0952. The highest BCUT2D eigenvalue weighted by atomic mass is 32.2. The van der Waals surface area contributed by atoms with Gasteiger partial charge >= 0.3 is 0 Å². The Balaban J connectivity index is 1.34. The van der Waals surface area contributed by atoms with Crippen LogP contribution in [0.5, 0.6) is 17.2 Å². The molecular formula is C29H30N4O4S. The number of pyridine rings is 1. The molecule has 38 heavy (non-hydrogen) atoms. The smallest absolute Gasteiger partial charge is 0.255 e. The molecule has 1 aromatic heterocycles. The van der Waals surface area contributed by atoms with Crippen LogP contribution in [0.25, 0.3) is 11.1 Å². The van der Waals surface area contributed by atoms with Gasteiger partial charge in [-0.1, -0.05) is 24.3 Å². The molecule has 0 fully saturated rings. The molecule has 4 rings (SSSR count). The van der Waals surface area contributed by atoms with Crippen LogP contribution in [0.3, 0.4) is 0 Å². The largest absolute Gasteiger partial charge is 0.496 e. The molecule has 0 spiro atoms. The fourth-order valence-corrected chi connectivity index (χ4v) is 4.53. The third kappa shape index (κ3) is 6.89. The number of aromatic nitrogens is 1. The molecule has 0 saturated heterocycles. The van der Waals surface area contributed by atoms with Crippen molar-refractivity contribution in [1.82, 2.24) is 10.3 Å². The Kier molecular flexibility index (Phi) is 9.31. The van der Waals surface area contributed by atoms with Gasteiger partial charge in [0.15, 0.2) is 0 Å². The average Bonchev–Trinajstić information content (AvgIpc) is 2.98. The second kappa shape index (κ2) is 13.3. The van der Waals surface area contributed by atoms with Crippen LogP contribution in [-0.4, -0.2) is 45.3 Å². The highest BCUT2D eigenvalue weighted by molar-refractivity contribution is 8.00. The summed E-state index contributed by atoms with van der Waals surface area (Å²) >= 11 is 1.46. The molecule has 4 aromatic rings. The molecule has 0 saturated carbocycles. The molecule has 1 amide bonds. The van der Waals surface area contributed by atoms with E-state index in [1.807, 2.05) is 54.6 Å². The molecule has 0 aliphatic rings. The monoisotopic (exact) mass is 530 g/mol. The number of nitrogens with zero attached hydrogens (tertiary/aromatic N) is 1. The lowest BCUT2D eigenvalue weighted by Gasteiger charge is -2.13. The molecule has 9 heteroatoms. The Morgan fingerprint density at radius 3 is 2.42 bits per heavy atom. The number of methoxy groups -OCH3 is 3. The first-order chi connectivity index (χ1) is 18.6. The normalized spacial score (nSPS) is 10.4. The van der Waals surface area contributed by atoms with E-state index in [2.05, 4.69) is 26.4 Å². The molecule has 1 heterocycles. The summed E-state index contributed by atoms with van der Waals surface area (Å²) in [5.74, 6) is 1.85. The Hall–Kier alpha value is -4.37. The molecule has 0 bridgehead atoms. The first-order valence-corrected chi connectivity index (χ1v) is 12.8. The minimum atomic E-state index is -0.169. The molecule has 3 aromatic carbocycles. The van der Waals surface area contributed by atoms with Crippen molar-refractivity contribution in [3.63, 3.8) is 0 Å². The van der Waals surface area contributed by atoms with Crippen molar-refractivity contribution in [1.29, 1.82) is 0 Å². The second-order valence-electron chi connectivity index (χ2n) is 8.15. The zero-order valence-corrected chi connectivity index (χ0v) is 22.3. The van der Waals surface area contributed by atoms with Crippen molar-refractivity contribution in [3.05, 3.63) is 90.8 Å². The van der Waals surface area contributed by atoms with Gasteiger partial charge in [-0.15, -0.1) is 0 Å². The standard InChI is InChI=1S/C29H30N4O4S/c1-35-24-15-21(18-30-19-24)20-11-12-27(37-3)28(16-20)38-33-23-8-6-7-22(17-23)31-13-14-32-29(34)25-9-4-5-10-26(25)36-2/h4-12,15-19,31,33H,13-14H2,1-3H3,(H,32,34). The van der Waals surface area contributed by atoms with Gasteiger partial charge in [0.2, 0.25) is 0 Å². The number of benzene rings is 3. The van der Waals surface area contributed by atoms with Gasteiger partial charge in [-0.2, -0.15) is 0 Å². The molecular weight excluding hydrogens is 500 g/mol. The lowest BCUT2D eigenvalue weighted by Crippen LogP contribution is -2.29. The first-order valence-electron chi connectivity index (χ1n) is 12.0. The van der Waals surface area contributed by atoms with E-state index < -0.39 is 0 Å². The number of ether oxygens (including phenoxy) is 3. The maximum atomic E-state index is 12.5. The predicted molar refractivity (Wildman–Crippen MR) is 153 cm³/mol. The molecule has 8 nitrogen and oxygen atoms in total. The van der Waals surface area contributed by atoms with Crippen molar-refractivity contribution in [2.45, 2.75) is 4.90 Å². The fourth-order valence-electron chi connectivity index (χ4n) is 3.74. The highest BCUT2D eigenvalue weighted by Crippen LogP contribution is 2.35. The first kappa shape index (κ1) is 26.7. The minimum Gasteiger partial charge on any atom is -0.496 e. The number of para-hydroxylation sites is 1. The maximum absolute atomic E-state index is 12.5. The van der Waals surface area contributed by atoms with E-state index in [9.17, 15) is 4.79 Å². The molecule has 0 atom stereocenters. The van der Waals surface area contributed by atoms with E-state index >= 15 is 0 Å². The number of amides is 1. The second-order valence-corrected chi connectivity index (χ2v) is 9.00. The number of nitrogens with one attached hydrogen (secondary N) is 3. The van der Waals surface area contributed by atoms with E-state index in [1.54, 1.807) is 45.9 Å². The molecule has 0 unspecified atom stereocenters. The number of anilines is 2. The van der Waals surface area contributed by atoms with Gasteiger partial charge in [0.25, 0.3) is 5.91 Å². The topological polar surface area (TPSA) is 93.7 Å². The van der Waals surface area contributed by atoms with Crippen LogP contribution >= 0.6 is 11.9 Å². The van der Waals surface area contributed by atoms with Crippen LogP contribution < -0.4 is 29.6 Å². The fraction of sp³-hybridized carbons (Fsp3) is 0.172. The van der Waals surface area contributed by atoms with Crippen molar-refractivity contribution >= 4 is 29.2 Å². The predicted octanol–water partition coefficient (Wildman–Crippen LogP) is 5.74. The van der Waals surface area contributed by atoms with E-state index in [1.165, 1.54) is 11.9 Å². The van der Waals surface area contributed by atoms with Gasteiger partial charge in [-0.3, -0.25) is 9.78 Å². The summed E-state index contributed by atoms with van der Waals surface area (Å²) < 4.78 is 19.5. The van der Waals surface area contributed by atoms with Gasteiger partial charge in [-0.05, 0) is 66.0 Å². The van der Waals surface area contributed by atoms with E-state index in [-0.39, 0.29) is 5.91 Å². The molecule has 3 N–H and O–H groups in total. The van der Waals surface area contributed by atoms with Crippen molar-refractivity contribution in [2.75, 3.05) is 44.5 Å². The van der Waals surface area contributed by atoms with Crippen LogP contribution in [0.4, 0.5) is 11.4 Å². The molecule has 0 radical (unpaired) electrons. The van der Waals surface area contributed by atoms with Crippen molar-refractivity contribution in [2.24, 2.45) is 0 Å². The highest BCUT2D eigenvalue weighted by Gasteiger charge is 2.11. The van der Waals surface area contributed by atoms with Gasteiger partial charge in [0.1, 0.15) is 17.2 Å². The molecule has 0 aliphatic carbocycles. The van der Waals surface area contributed by atoms with Crippen LogP contribution in [0, 0.1) is 0 Å². The van der Waals surface area contributed by atoms with Crippen LogP contribution in [0.2, 0.25) is 0 Å². The number of carbonyl (C=O) groups excluding carboxylic acids is 1. The van der Waals surface area contributed by atoms with Crippen molar-refractivity contribution in [3.8, 4) is 28.4 Å². The molecule has 196 valence electrons. The quantitative estimate of drug-likeness (QED) is 0.158. The lowest BCUT2D eigenvalue weighted by atomic mass is 10.1. The summed E-state index contributed by atoms with van der Waals surface area (Å²) in [6, 6.07) is 23.1. The summed E-state index contributed by atoms with van der Waals surface area (Å²) in [6.45, 7) is 1.04. The van der Waals surface area contributed by atoms with Crippen molar-refractivity contribution < 1.29 is 19.0 Å². The Morgan fingerprint density at radius 2 is 1.61 bits per heavy atom. The SMILES string of the molecule is COc1cncc(-c2ccc(OC)c(SNc3cccc(NCCNC(=O)c4ccccc4OC)c3)c2)c1. The van der Waals surface area contributed by atoms with Gasteiger partial charge < -0.3 is 29.6 Å². The van der Waals surface area contributed by atoms with Gasteiger partial charge in [0, 0.05) is 36.2 Å². The summed E-state index contributed by atoms with van der Waals surface area (Å²) in [6.07, 6.45) is 3.49. The third-order valence-electron chi connectivity index (χ3n) is 5.68. The Bertz CT molecular complexity index is 1380. The zero-order valence-electron chi connectivity index (χ0n) is 21.5. The van der Waals surface area contributed by atoms with Gasteiger partial charge in [-0.25, -0.2) is 0 Å². The summed E-state index contributed by atoms with van der Waals surface area (Å²) in [7, 11) is 4.84. The van der Waals surface area contributed by atoms with E-state index in [4.69, 9.17) is 14.2 Å². The minimum absolute atomic E-state index is 0.169.